The second kappa shape index (κ2) is 30.0. The molecule has 7 heteroatoms. The Labute approximate surface area is 412 Å². The van der Waals surface area contributed by atoms with Crippen molar-refractivity contribution in [2.45, 2.75) is 246 Å². The van der Waals surface area contributed by atoms with Gasteiger partial charge >= 0.3 is 11.9 Å². The van der Waals surface area contributed by atoms with Gasteiger partial charge < -0.3 is 18.9 Å². The van der Waals surface area contributed by atoms with Gasteiger partial charge in [0.2, 0.25) is 0 Å². The molecule has 1 saturated heterocycles. The summed E-state index contributed by atoms with van der Waals surface area (Å²) in [5, 5.41) is 0. The molecule has 0 spiro atoms. The lowest BCUT2D eigenvalue weighted by Crippen LogP contribution is -2.51. The fourth-order valence-electron chi connectivity index (χ4n) is 13.9. The number of carbonyl (C=O) groups excluding carboxylic acids is 2. The number of nitrogens with zero attached hydrogens (tertiary/aromatic N) is 1. The molecule has 4 fully saturated rings. The lowest BCUT2D eigenvalue weighted by Gasteiger charge is -2.58. The predicted molar refractivity (Wildman–Crippen MR) is 278 cm³/mol. The van der Waals surface area contributed by atoms with Crippen LogP contribution in [0.25, 0.3) is 0 Å². The van der Waals surface area contributed by atoms with E-state index < -0.39 is 0 Å². The van der Waals surface area contributed by atoms with Crippen LogP contribution in [-0.4, -0.2) is 74.6 Å². The first kappa shape index (κ1) is 56.0. The third-order valence-electron chi connectivity index (χ3n) is 17.9. The monoisotopic (exact) mass is 934 g/mol. The van der Waals surface area contributed by atoms with Gasteiger partial charge in [0.15, 0.2) is 0 Å². The van der Waals surface area contributed by atoms with Crippen molar-refractivity contribution in [3.63, 3.8) is 0 Å². The normalized spacial score (nSPS) is 29.5. The third-order valence-corrected chi connectivity index (χ3v) is 17.9. The van der Waals surface area contributed by atoms with Crippen LogP contribution in [0, 0.1) is 46.3 Å². The second-order valence-corrected chi connectivity index (χ2v) is 23.4. The van der Waals surface area contributed by atoms with Crippen LogP contribution in [0.2, 0.25) is 0 Å². The van der Waals surface area contributed by atoms with E-state index >= 15 is 0 Å². The highest BCUT2D eigenvalue weighted by atomic mass is 16.6. The Morgan fingerprint density at radius 3 is 2.27 bits per heavy atom. The smallest absolute Gasteiger partial charge is 0.306 e. The average Bonchev–Trinajstić information content (AvgIpc) is 3.88. The standard InChI is InChI=1S/C60H103NO6/c1-8-9-10-11-12-13-14-15-16-17-18-19-20-21-22-23-41-64-46-52(45-61-40-25-29-49(61)5)65-42-26-43-66-57(62)34-35-58(63)67-51-36-38-59(6)50(44-51)30-31-53-55-33-32-54(48(4)28-24-27-47(2)3)60(55,7)39-37-56(53)59/h12-13,15-16,30,47-49,51-56H,8-11,14,17-29,31-46H2,1-7H3/t48?,49-,51-,52+,53?,54+,55?,56?,59-,60+/m0/s1. The fourth-order valence-corrected chi connectivity index (χ4v) is 13.9. The molecular formula is C60H103NO6. The molecule has 1 heterocycles. The van der Waals surface area contributed by atoms with E-state index in [4.69, 9.17) is 18.9 Å². The Morgan fingerprint density at radius 1 is 0.776 bits per heavy atom. The minimum atomic E-state index is -0.336. The Balaban J connectivity index is 0.911. The maximum atomic E-state index is 13.0. The molecule has 0 N–H and O–H groups in total. The third kappa shape index (κ3) is 18.0. The molecule has 67 heavy (non-hydrogen) atoms. The Hall–Kier alpha value is -1.96. The molecule has 0 amide bonds. The van der Waals surface area contributed by atoms with Crippen LogP contribution in [0.3, 0.4) is 0 Å². The molecule has 0 radical (unpaired) electrons. The number of fused-ring (bicyclic) bond motifs is 5. The first-order valence-corrected chi connectivity index (χ1v) is 28.7. The number of hydrogen-bond acceptors (Lipinski definition) is 7. The zero-order valence-corrected chi connectivity index (χ0v) is 44.5. The lowest BCUT2D eigenvalue weighted by atomic mass is 9.47. The van der Waals surface area contributed by atoms with Gasteiger partial charge in [-0.2, -0.15) is 0 Å². The molecular weight excluding hydrogens is 831 g/mol. The SMILES string of the molecule is CCCCCC=CCC=CCCCCCCCCOC[C@@H](CN1CCC[C@@H]1C)OCCCOC(=O)CCC(=O)O[C@H]1CC[C@@]2(C)C(=CCC3C2CC[C@@]2(C)C3CC[C@@H]2C(C)CCCC(C)C)C1. The molecule has 5 rings (SSSR count). The topological polar surface area (TPSA) is 74.3 Å². The summed E-state index contributed by atoms with van der Waals surface area (Å²) < 4.78 is 24.1. The van der Waals surface area contributed by atoms with Crippen LogP contribution in [0.5, 0.6) is 0 Å². The van der Waals surface area contributed by atoms with Gasteiger partial charge in [-0.15, -0.1) is 0 Å². The molecule has 0 aromatic heterocycles. The molecule has 0 aromatic rings. The predicted octanol–water partition coefficient (Wildman–Crippen LogP) is 15.4. The van der Waals surface area contributed by atoms with Crippen molar-refractivity contribution < 1.29 is 28.5 Å². The molecule has 4 unspecified atom stereocenters. The Kier molecular flexibility index (Phi) is 25.1. The first-order chi connectivity index (χ1) is 32.4. The molecule has 10 atom stereocenters. The van der Waals surface area contributed by atoms with E-state index in [1.165, 1.54) is 134 Å². The highest BCUT2D eigenvalue weighted by Gasteiger charge is 2.59. The van der Waals surface area contributed by atoms with Gasteiger partial charge in [0.1, 0.15) is 6.10 Å². The number of carbonyl (C=O) groups is 2. The molecule has 0 bridgehead atoms. The number of ether oxygens (including phenoxy) is 4. The maximum absolute atomic E-state index is 13.0. The summed E-state index contributed by atoms with van der Waals surface area (Å²) in [5.74, 6) is 4.31. The fraction of sp³-hybridized carbons (Fsp3) is 0.867. The van der Waals surface area contributed by atoms with Gasteiger partial charge in [0.05, 0.1) is 38.8 Å². The van der Waals surface area contributed by atoms with Crippen molar-refractivity contribution in [1.82, 2.24) is 4.90 Å². The quantitative estimate of drug-likeness (QED) is 0.0369. The molecule has 384 valence electrons. The highest BCUT2D eigenvalue weighted by Crippen LogP contribution is 2.67. The Bertz CT molecular complexity index is 1500. The summed E-state index contributed by atoms with van der Waals surface area (Å²) in [5.41, 5.74) is 2.26. The second-order valence-electron chi connectivity index (χ2n) is 23.4. The van der Waals surface area contributed by atoms with Gasteiger partial charge in [-0.3, -0.25) is 14.5 Å². The van der Waals surface area contributed by atoms with Gasteiger partial charge in [-0.1, -0.05) is 135 Å². The Morgan fingerprint density at radius 2 is 1.52 bits per heavy atom. The summed E-state index contributed by atoms with van der Waals surface area (Å²) in [6, 6.07) is 0.577. The minimum absolute atomic E-state index is 0.00987. The van der Waals surface area contributed by atoms with E-state index in [1.54, 1.807) is 0 Å². The minimum Gasteiger partial charge on any atom is -0.466 e. The van der Waals surface area contributed by atoms with Gasteiger partial charge in [0.25, 0.3) is 0 Å². The number of unbranched alkanes of at least 4 members (excludes halogenated alkanes) is 9. The van der Waals surface area contributed by atoms with Crippen LogP contribution in [0.15, 0.2) is 36.0 Å². The van der Waals surface area contributed by atoms with Crippen LogP contribution >= 0.6 is 0 Å². The summed E-state index contributed by atoms with van der Waals surface area (Å²) in [7, 11) is 0. The van der Waals surface area contributed by atoms with Crippen molar-refractivity contribution in [1.29, 1.82) is 0 Å². The van der Waals surface area contributed by atoms with Crippen LogP contribution in [0.4, 0.5) is 0 Å². The van der Waals surface area contributed by atoms with E-state index in [9.17, 15) is 9.59 Å². The average molecular weight is 934 g/mol. The van der Waals surface area contributed by atoms with Crippen LogP contribution < -0.4 is 0 Å². The van der Waals surface area contributed by atoms with Gasteiger partial charge in [-0.25, -0.2) is 0 Å². The van der Waals surface area contributed by atoms with E-state index in [2.05, 4.69) is 83.7 Å². The molecule has 7 nitrogen and oxygen atoms in total. The van der Waals surface area contributed by atoms with Crippen molar-refractivity contribution in [3.05, 3.63) is 36.0 Å². The maximum Gasteiger partial charge on any atom is 0.306 e. The van der Waals surface area contributed by atoms with Crippen molar-refractivity contribution in [2.75, 3.05) is 39.5 Å². The molecule has 5 aliphatic rings. The van der Waals surface area contributed by atoms with Crippen molar-refractivity contribution >= 4 is 11.9 Å². The zero-order chi connectivity index (χ0) is 47.9. The molecule has 4 aliphatic carbocycles. The number of rotatable bonds is 33. The lowest BCUT2D eigenvalue weighted by molar-refractivity contribution is -0.155. The number of likely N-dealkylation sites (tertiary alicyclic amines) is 1. The van der Waals surface area contributed by atoms with Crippen LogP contribution in [0.1, 0.15) is 228 Å². The molecule has 3 saturated carbocycles. The van der Waals surface area contributed by atoms with E-state index in [-0.39, 0.29) is 42.4 Å². The number of esters is 2. The van der Waals surface area contributed by atoms with E-state index in [0.717, 1.165) is 87.3 Å². The van der Waals surface area contributed by atoms with E-state index in [0.29, 0.717) is 37.7 Å². The summed E-state index contributed by atoms with van der Waals surface area (Å²) in [6.07, 6.45) is 43.8. The molecule has 1 aliphatic heterocycles. The zero-order valence-electron chi connectivity index (χ0n) is 44.5. The van der Waals surface area contributed by atoms with Gasteiger partial charge in [0, 0.05) is 32.0 Å². The summed E-state index contributed by atoms with van der Waals surface area (Å²) in [4.78, 5) is 28.2. The van der Waals surface area contributed by atoms with E-state index in [1.807, 2.05) is 0 Å². The summed E-state index contributed by atoms with van der Waals surface area (Å²) in [6.45, 7) is 21.3. The number of hydrogen-bond donors (Lipinski definition) is 0. The van der Waals surface area contributed by atoms with Crippen molar-refractivity contribution in [2.24, 2.45) is 46.3 Å². The highest BCUT2D eigenvalue weighted by molar-refractivity contribution is 5.77. The van der Waals surface area contributed by atoms with Crippen LogP contribution in [-0.2, 0) is 28.5 Å². The largest absolute Gasteiger partial charge is 0.466 e. The van der Waals surface area contributed by atoms with Crippen molar-refractivity contribution in [3.8, 4) is 0 Å². The summed E-state index contributed by atoms with van der Waals surface area (Å²) >= 11 is 0. The molecule has 0 aromatic carbocycles. The van der Waals surface area contributed by atoms with Gasteiger partial charge in [-0.05, 0) is 156 Å². The first-order valence-electron chi connectivity index (χ1n) is 28.7. The number of allylic oxidation sites excluding steroid dienone is 5.